The monoisotopic (exact) mass is 357 g/mol. The maximum absolute atomic E-state index is 12.3. The minimum Gasteiger partial charge on any atom is -0.476 e. The van der Waals surface area contributed by atoms with Crippen molar-refractivity contribution in [2.45, 2.75) is 26.4 Å². The van der Waals surface area contributed by atoms with Gasteiger partial charge in [0.25, 0.3) is 0 Å². The van der Waals surface area contributed by atoms with Gasteiger partial charge in [0.1, 0.15) is 6.04 Å². The molecule has 10 nitrogen and oxygen atoms in total. The summed E-state index contributed by atoms with van der Waals surface area (Å²) in [6.45, 7) is 4.11. The van der Waals surface area contributed by atoms with E-state index >= 15 is 0 Å². The van der Waals surface area contributed by atoms with Crippen molar-refractivity contribution in [3.8, 4) is 0 Å². The van der Waals surface area contributed by atoms with Gasteiger partial charge in [0.15, 0.2) is 5.69 Å². The summed E-state index contributed by atoms with van der Waals surface area (Å²) in [5.74, 6) is -1.45. The number of nitrogens with zero attached hydrogens (tertiary/aromatic N) is 6. The van der Waals surface area contributed by atoms with Crippen LogP contribution in [0.4, 0.5) is 5.69 Å². The first-order valence-electron chi connectivity index (χ1n) is 7.94. The second-order valence-electron chi connectivity index (χ2n) is 5.99. The number of hydrogen-bond acceptors (Lipinski definition) is 5. The largest absolute Gasteiger partial charge is 0.476 e. The van der Waals surface area contributed by atoms with Crippen LogP contribution in [-0.2, 0) is 18.4 Å². The summed E-state index contributed by atoms with van der Waals surface area (Å²) in [6, 6.07) is 0.687. The number of rotatable bonds is 6. The molecule has 0 aliphatic rings. The molecule has 2 N–H and O–H groups in total. The number of anilines is 1. The summed E-state index contributed by atoms with van der Waals surface area (Å²) in [7, 11) is 1.86. The highest BCUT2D eigenvalue weighted by Crippen LogP contribution is 2.13. The summed E-state index contributed by atoms with van der Waals surface area (Å²) >= 11 is 0. The van der Waals surface area contributed by atoms with E-state index < -0.39 is 12.0 Å². The average Bonchev–Trinajstić information content (AvgIpc) is 3.28. The Morgan fingerprint density at radius 3 is 2.69 bits per heavy atom. The van der Waals surface area contributed by atoms with E-state index in [0.29, 0.717) is 12.2 Å². The molecule has 0 saturated carbocycles. The van der Waals surface area contributed by atoms with E-state index in [9.17, 15) is 9.59 Å². The molecule has 136 valence electrons. The number of carbonyl (C=O) groups is 2. The van der Waals surface area contributed by atoms with E-state index in [1.807, 2.05) is 20.2 Å². The lowest BCUT2D eigenvalue weighted by atomic mass is 10.3. The smallest absolute Gasteiger partial charge is 0.356 e. The predicted octanol–water partition coefficient (Wildman–Crippen LogP) is 1.07. The Bertz CT molecular complexity index is 953. The number of carbonyl (C=O) groups excluding carboxylic acids is 1. The van der Waals surface area contributed by atoms with Gasteiger partial charge in [-0.2, -0.15) is 15.3 Å². The average molecular weight is 357 g/mol. The molecule has 0 spiro atoms. The van der Waals surface area contributed by atoms with E-state index in [0.717, 1.165) is 11.3 Å². The van der Waals surface area contributed by atoms with Gasteiger partial charge >= 0.3 is 5.97 Å². The quantitative estimate of drug-likeness (QED) is 0.681. The van der Waals surface area contributed by atoms with Crippen molar-refractivity contribution in [3.63, 3.8) is 0 Å². The highest BCUT2D eigenvalue weighted by molar-refractivity contribution is 5.93. The zero-order chi connectivity index (χ0) is 18.8. The van der Waals surface area contributed by atoms with E-state index in [-0.39, 0.29) is 11.6 Å². The molecule has 3 rings (SSSR count). The van der Waals surface area contributed by atoms with Gasteiger partial charge in [0.2, 0.25) is 5.91 Å². The lowest BCUT2D eigenvalue weighted by molar-refractivity contribution is -0.119. The maximum atomic E-state index is 12.3. The summed E-state index contributed by atoms with van der Waals surface area (Å²) in [5.41, 5.74) is 2.41. The Morgan fingerprint density at radius 1 is 1.31 bits per heavy atom. The molecule has 0 saturated heterocycles. The van der Waals surface area contributed by atoms with Crippen molar-refractivity contribution >= 4 is 17.6 Å². The zero-order valence-electron chi connectivity index (χ0n) is 14.6. The molecule has 3 heterocycles. The Labute approximate surface area is 149 Å². The standard InChI is InChI=1S/C16H19N7O3/c1-10-12(7-21(3)19-10)8-22-9-13(6-17-22)18-15(24)11(2)23-5-4-14(20-23)16(25)26/h4-7,9,11H,8H2,1-3H3,(H,18,24)(H,25,26). The Kier molecular flexibility index (Phi) is 4.57. The maximum Gasteiger partial charge on any atom is 0.356 e. The lowest BCUT2D eigenvalue weighted by Crippen LogP contribution is -2.24. The molecule has 3 aromatic rings. The number of amides is 1. The van der Waals surface area contributed by atoms with Crippen LogP contribution >= 0.6 is 0 Å². The number of carboxylic acid groups (broad SMARTS) is 1. The van der Waals surface area contributed by atoms with Gasteiger partial charge in [-0.3, -0.25) is 18.8 Å². The molecule has 0 aliphatic heterocycles. The Balaban J connectivity index is 1.65. The summed E-state index contributed by atoms with van der Waals surface area (Å²) in [5, 5.41) is 24.1. The summed E-state index contributed by atoms with van der Waals surface area (Å²) in [4.78, 5) is 23.2. The van der Waals surface area contributed by atoms with Crippen LogP contribution in [0.2, 0.25) is 0 Å². The minimum absolute atomic E-state index is 0.107. The topological polar surface area (TPSA) is 120 Å². The van der Waals surface area contributed by atoms with Gasteiger partial charge in [-0.15, -0.1) is 0 Å². The molecule has 1 atom stereocenters. The molecule has 0 fully saturated rings. The fourth-order valence-electron chi connectivity index (χ4n) is 2.53. The van der Waals surface area contributed by atoms with Crippen LogP contribution in [0, 0.1) is 6.92 Å². The third-order valence-corrected chi connectivity index (χ3v) is 3.95. The Morgan fingerprint density at radius 2 is 2.08 bits per heavy atom. The molecule has 26 heavy (non-hydrogen) atoms. The van der Waals surface area contributed by atoms with Crippen molar-refractivity contribution in [3.05, 3.63) is 47.8 Å². The summed E-state index contributed by atoms with van der Waals surface area (Å²) in [6.07, 6.45) is 6.67. The van der Waals surface area contributed by atoms with E-state index in [1.54, 1.807) is 28.7 Å². The number of aryl methyl sites for hydroxylation is 2. The predicted molar refractivity (Wildman–Crippen MR) is 91.8 cm³/mol. The van der Waals surface area contributed by atoms with Crippen molar-refractivity contribution in [1.29, 1.82) is 0 Å². The second-order valence-corrected chi connectivity index (χ2v) is 5.99. The van der Waals surface area contributed by atoms with Crippen LogP contribution in [0.25, 0.3) is 0 Å². The number of aromatic nitrogens is 6. The fourth-order valence-corrected chi connectivity index (χ4v) is 2.53. The van der Waals surface area contributed by atoms with Crippen LogP contribution in [0.15, 0.2) is 30.9 Å². The lowest BCUT2D eigenvalue weighted by Gasteiger charge is -2.11. The molecule has 1 amide bonds. The molecule has 10 heteroatoms. The Hall–Kier alpha value is -3.43. The molecule has 0 aliphatic carbocycles. The van der Waals surface area contributed by atoms with Crippen LogP contribution in [0.3, 0.4) is 0 Å². The highest BCUT2D eigenvalue weighted by atomic mass is 16.4. The third-order valence-electron chi connectivity index (χ3n) is 3.95. The molecule has 0 radical (unpaired) electrons. The highest BCUT2D eigenvalue weighted by Gasteiger charge is 2.18. The van der Waals surface area contributed by atoms with E-state index in [4.69, 9.17) is 5.11 Å². The summed E-state index contributed by atoms with van der Waals surface area (Å²) < 4.78 is 4.76. The normalized spacial score (nSPS) is 12.1. The third kappa shape index (κ3) is 3.63. The van der Waals surface area contributed by atoms with E-state index in [2.05, 4.69) is 20.6 Å². The van der Waals surface area contributed by atoms with Gasteiger partial charge in [0.05, 0.1) is 24.1 Å². The molecule has 1 unspecified atom stereocenters. The fraction of sp³-hybridized carbons (Fsp3) is 0.312. The van der Waals surface area contributed by atoms with Crippen LogP contribution in [0.1, 0.15) is 34.7 Å². The number of nitrogens with one attached hydrogen (secondary N) is 1. The van der Waals surface area contributed by atoms with Crippen LogP contribution < -0.4 is 5.32 Å². The first-order valence-corrected chi connectivity index (χ1v) is 7.94. The second kappa shape index (κ2) is 6.82. The number of hydrogen-bond donors (Lipinski definition) is 2. The minimum atomic E-state index is -1.14. The molecule has 3 aromatic heterocycles. The van der Waals surface area contributed by atoms with Gasteiger partial charge in [0, 0.05) is 31.2 Å². The zero-order valence-corrected chi connectivity index (χ0v) is 14.6. The van der Waals surface area contributed by atoms with Gasteiger partial charge in [-0.1, -0.05) is 0 Å². The van der Waals surface area contributed by atoms with Crippen molar-refractivity contribution in [2.75, 3.05) is 5.32 Å². The number of carboxylic acids is 1. The first kappa shape index (κ1) is 17.4. The number of aromatic carboxylic acids is 1. The molecule has 0 aromatic carbocycles. The molecule has 0 bridgehead atoms. The molecular formula is C16H19N7O3. The van der Waals surface area contributed by atoms with Crippen molar-refractivity contribution in [2.24, 2.45) is 7.05 Å². The van der Waals surface area contributed by atoms with Crippen molar-refractivity contribution in [1.82, 2.24) is 29.3 Å². The van der Waals surface area contributed by atoms with Crippen molar-refractivity contribution < 1.29 is 14.7 Å². The van der Waals surface area contributed by atoms with Crippen LogP contribution in [0.5, 0.6) is 0 Å². The first-order chi connectivity index (χ1) is 12.3. The SMILES string of the molecule is Cc1nn(C)cc1Cn1cc(NC(=O)C(C)n2ccc(C(=O)O)n2)cn1. The molecular weight excluding hydrogens is 338 g/mol. The van der Waals surface area contributed by atoms with Gasteiger partial charge < -0.3 is 10.4 Å². The van der Waals surface area contributed by atoms with E-state index in [1.165, 1.54) is 16.9 Å². The van der Waals surface area contributed by atoms with Gasteiger partial charge in [-0.25, -0.2) is 4.79 Å². The van der Waals surface area contributed by atoms with Gasteiger partial charge in [-0.05, 0) is 19.9 Å². The van der Waals surface area contributed by atoms with Crippen LogP contribution in [-0.4, -0.2) is 46.3 Å².